The van der Waals surface area contributed by atoms with E-state index in [0.29, 0.717) is 26.3 Å². The third-order valence-electron chi connectivity index (χ3n) is 4.92. The van der Waals surface area contributed by atoms with E-state index in [-0.39, 0.29) is 11.9 Å². The predicted octanol–water partition coefficient (Wildman–Crippen LogP) is 1.91. The highest BCUT2D eigenvalue weighted by Gasteiger charge is 2.16. The Labute approximate surface area is 188 Å². The summed E-state index contributed by atoms with van der Waals surface area (Å²) in [5.41, 5.74) is 1.44. The van der Waals surface area contributed by atoms with E-state index >= 15 is 0 Å². The monoisotopic (exact) mass is 436 g/mol. The molecule has 0 atom stereocenters. The Balaban J connectivity index is 1.24. The average Bonchev–Trinajstić information content (AvgIpc) is 2.84. The summed E-state index contributed by atoms with van der Waals surface area (Å²) in [5, 5.41) is 0. The molecule has 0 aliphatic carbocycles. The lowest BCUT2D eigenvalue weighted by atomic mass is 10.3. The van der Waals surface area contributed by atoms with Crippen molar-refractivity contribution in [3.8, 4) is 0 Å². The van der Waals surface area contributed by atoms with Crippen LogP contribution in [0.1, 0.15) is 11.4 Å². The van der Waals surface area contributed by atoms with Gasteiger partial charge in [0.05, 0.1) is 11.4 Å². The van der Waals surface area contributed by atoms with Gasteiger partial charge in [0, 0.05) is 63.8 Å². The van der Waals surface area contributed by atoms with Crippen molar-refractivity contribution >= 4 is 24.1 Å². The maximum absolute atomic E-state index is 11.8. The van der Waals surface area contributed by atoms with Gasteiger partial charge in [-0.3, -0.25) is 19.8 Å². The molecule has 168 valence electrons. The minimum Gasteiger partial charge on any atom is -0.461 e. The number of pyridine rings is 2. The van der Waals surface area contributed by atoms with Gasteiger partial charge in [-0.2, -0.15) is 0 Å². The second-order valence-corrected chi connectivity index (χ2v) is 7.19. The number of esters is 2. The maximum atomic E-state index is 11.8. The predicted molar refractivity (Wildman–Crippen MR) is 121 cm³/mol. The molecule has 1 aliphatic rings. The Bertz CT molecular complexity index is 819. The van der Waals surface area contributed by atoms with Crippen LogP contribution in [0, 0.1) is 0 Å². The molecule has 32 heavy (non-hydrogen) atoms. The van der Waals surface area contributed by atoms with Crippen molar-refractivity contribution in [1.29, 1.82) is 0 Å². The molecule has 2 aromatic rings. The summed E-state index contributed by atoms with van der Waals surface area (Å²) in [6, 6.07) is 11.0. The quantitative estimate of drug-likeness (QED) is 0.413. The standard InChI is InChI=1S/C24H28N4O4/c29-23(9-7-21-5-1-3-11-25-21)31-19-17-27-13-15-28(16-14-27)18-20-32-24(30)10-8-22-6-2-4-12-26-22/h1-12H,13-20H2/b9-7-,10-8-. The van der Waals surface area contributed by atoms with Gasteiger partial charge in [-0.25, -0.2) is 9.59 Å². The van der Waals surface area contributed by atoms with Gasteiger partial charge >= 0.3 is 11.9 Å². The Morgan fingerprint density at radius 3 is 1.56 bits per heavy atom. The molecule has 8 heteroatoms. The van der Waals surface area contributed by atoms with Crippen LogP contribution in [-0.4, -0.2) is 84.2 Å². The fourth-order valence-corrected chi connectivity index (χ4v) is 3.14. The van der Waals surface area contributed by atoms with E-state index in [1.54, 1.807) is 24.5 Å². The lowest BCUT2D eigenvalue weighted by Gasteiger charge is -2.34. The molecule has 0 radical (unpaired) electrons. The SMILES string of the molecule is O=C(/C=C\c1ccccn1)OCCN1CCN(CCOC(=O)/C=C\c2ccccn2)CC1. The molecule has 8 nitrogen and oxygen atoms in total. The van der Waals surface area contributed by atoms with E-state index in [4.69, 9.17) is 9.47 Å². The van der Waals surface area contributed by atoms with Crippen molar-refractivity contribution in [3.63, 3.8) is 0 Å². The molecule has 0 N–H and O–H groups in total. The summed E-state index contributed by atoms with van der Waals surface area (Å²) in [4.78, 5) is 36.4. The van der Waals surface area contributed by atoms with Crippen LogP contribution in [0.3, 0.4) is 0 Å². The first kappa shape index (κ1) is 23.3. The molecule has 1 saturated heterocycles. The summed E-state index contributed by atoms with van der Waals surface area (Å²) in [7, 11) is 0. The van der Waals surface area contributed by atoms with Crippen LogP contribution in [0.15, 0.2) is 60.9 Å². The summed E-state index contributed by atoms with van der Waals surface area (Å²) < 4.78 is 10.5. The molecule has 0 aromatic carbocycles. The fourth-order valence-electron chi connectivity index (χ4n) is 3.14. The minimum absolute atomic E-state index is 0.353. The zero-order valence-electron chi connectivity index (χ0n) is 18.0. The second kappa shape index (κ2) is 13.1. The normalized spacial score (nSPS) is 15.2. The molecule has 0 bridgehead atoms. The molecule has 1 fully saturated rings. The van der Waals surface area contributed by atoms with Crippen molar-refractivity contribution < 1.29 is 19.1 Å². The number of aromatic nitrogens is 2. The van der Waals surface area contributed by atoms with Crippen LogP contribution < -0.4 is 0 Å². The Kier molecular flexibility index (Phi) is 9.57. The van der Waals surface area contributed by atoms with Gasteiger partial charge in [0.25, 0.3) is 0 Å². The number of piperazine rings is 1. The third-order valence-corrected chi connectivity index (χ3v) is 4.92. The summed E-state index contributed by atoms with van der Waals surface area (Å²) in [5.74, 6) is -0.735. The molecule has 0 unspecified atom stereocenters. The first-order valence-corrected chi connectivity index (χ1v) is 10.7. The van der Waals surface area contributed by atoms with Crippen molar-refractivity contribution in [1.82, 2.24) is 19.8 Å². The van der Waals surface area contributed by atoms with Crippen molar-refractivity contribution in [3.05, 3.63) is 72.3 Å². The highest BCUT2D eigenvalue weighted by Crippen LogP contribution is 2.03. The summed E-state index contributed by atoms with van der Waals surface area (Å²) in [6.45, 7) is 5.64. The van der Waals surface area contributed by atoms with Gasteiger partial charge in [0.2, 0.25) is 0 Å². The van der Waals surface area contributed by atoms with Crippen molar-refractivity contribution in [2.45, 2.75) is 0 Å². The van der Waals surface area contributed by atoms with Crippen LogP contribution >= 0.6 is 0 Å². The van der Waals surface area contributed by atoms with Gasteiger partial charge in [0.1, 0.15) is 13.2 Å². The van der Waals surface area contributed by atoms with Gasteiger partial charge in [-0.15, -0.1) is 0 Å². The van der Waals surface area contributed by atoms with E-state index in [2.05, 4.69) is 19.8 Å². The molecule has 2 aromatic heterocycles. The molecular weight excluding hydrogens is 408 g/mol. The molecule has 1 aliphatic heterocycles. The minimum atomic E-state index is -0.367. The number of rotatable bonds is 10. The summed E-state index contributed by atoms with van der Waals surface area (Å²) in [6.07, 6.45) is 9.43. The van der Waals surface area contributed by atoms with Gasteiger partial charge in [-0.1, -0.05) is 12.1 Å². The zero-order valence-corrected chi connectivity index (χ0v) is 18.0. The number of ether oxygens (including phenoxy) is 2. The van der Waals surface area contributed by atoms with Crippen LogP contribution in [-0.2, 0) is 19.1 Å². The Morgan fingerprint density at radius 2 is 1.19 bits per heavy atom. The van der Waals surface area contributed by atoms with Gasteiger partial charge in [0.15, 0.2) is 0 Å². The van der Waals surface area contributed by atoms with Crippen LogP contribution in [0.25, 0.3) is 12.2 Å². The number of hydrogen-bond acceptors (Lipinski definition) is 8. The van der Waals surface area contributed by atoms with E-state index in [1.165, 1.54) is 12.2 Å². The van der Waals surface area contributed by atoms with E-state index in [1.807, 2.05) is 36.4 Å². The van der Waals surface area contributed by atoms with E-state index < -0.39 is 0 Å². The number of hydrogen-bond donors (Lipinski definition) is 0. The molecule has 0 spiro atoms. The molecule has 3 rings (SSSR count). The lowest BCUT2D eigenvalue weighted by Crippen LogP contribution is -2.48. The Morgan fingerprint density at radius 1 is 0.750 bits per heavy atom. The van der Waals surface area contributed by atoms with E-state index in [9.17, 15) is 9.59 Å². The number of carbonyl (C=O) groups is 2. The zero-order chi connectivity index (χ0) is 22.4. The third kappa shape index (κ3) is 8.79. The first-order chi connectivity index (χ1) is 15.7. The number of carbonyl (C=O) groups excluding carboxylic acids is 2. The number of nitrogens with zero attached hydrogens (tertiary/aromatic N) is 4. The van der Waals surface area contributed by atoms with Gasteiger partial charge in [-0.05, 0) is 36.4 Å². The maximum Gasteiger partial charge on any atom is 0.330 e. The molecule has 3 heterocycles. The van der Waals surface area contributed by atoms with E-state index in [0.717, 1.165) is 37.6 Å². The largest absolute Gasteiger partial charge is 0.461 e. The molecule has 0 saturated carbocycles. The average molecular weight is 437 g/mol. The lowest BCUT2D eigenvalue weighted by molar-refractivity contribution is -0.139. The molecule has 0 amide bonds. The first-order valence-electron chi connectivity index (χ1n) is 10.7. The Hall–Kier alpha value is -3.36. The molecular formula is C24H28N4O4. The van der Waals surface area contributed by atoms with Crippen molar-refractivity contribution in [2.75, 3.05) is 52.5 Å². The van der Waals surface area contributed by atoms with Crippen molar-refractivity contribution in [2.24, 2.45) is 0 Å². The summed E-state index contributed by atoms with van der Waals surface area (Å²) >= 11 is 0. The van der Waals surface area contributed by atoms with Crippen LogP contribution in [0.2, 0.25) is 0 Å². The van der Waals surface area contributed by atoms with Gasteiger partial charge < -0.3 is 9.47 Å². The second-order valence-electron chi connectivity index (χ2n) is 7.19. The highest BCUT2D eigenvalue weighted by molar-refractivity contribution is 5.87. The fraction of sp³-hybridized carbons (Fsp3) is 0.333. The highest BCUT2D eigenvalue weighted by atomic mass is 16.5. The topological polar surface area (TPSA) is 84.9 Å². The van der Waals surface area contributed by atoms with Crippen LogP contribution in [0.4, 0.5) is 0 Å². The smallest absolute Gasteiger partial charge is 0.330 e. The van der Waals surface area contributed by atoms with Crippen LogP contribution in [0.5, 0.6) is 0 Å².